The first-order chi connectivity index (χ1) is 10.2. The zero-order valence-electron chi connectivity index (χ0n) is 11.4. The number of aliphatic imine (C=N–C) groups is 1. The second kappa shape index (κ2) is 6.30. The van der Waals surface area contributed by atoms with Crippen LogP contribution in [0, 0.1) is 0 Å². The predicted octanol–water partition coefficient (Wildman–Crippen LogP) is 5.10. The minimum atomic E-state index is 0.00427. The van der Waals surface area contributed by atoms with Gasteiger partial charge in [-0.25, -0.2) is 0 Å². The summed E-state index contributed by atoms with van der Waals surface area (Å²) in [7, 11) is 0. The third-order valence-corrected chi connectivity index (χ3v) is 4.52. The van der Waals surface area contributed by atoms with Crippen molar-refractivity contribution in [2.24, 2.45) is 4.99 Å². The van der Waals surface area contributed by atoms with E-state index in [0.717, 1.165) is 26.3 Å². The largest absolute Gasteiger partial charge is 0.356 e. The van der Waals surface area contributed by atoms with Crippen molar-refractivity contribution in [2.75, 3.05) is 6.26 Å². The summed E-state index contributed by atoms with van der Waals surface area (Å²) < 4.78 is 0. The molecule has 5 heteroatoms. The number of halogens is 2. The van der Waals surface area contributed by atoms with Crippen molar-refractivity contribution in [3.05, 3.63) is 69.7 Å². The van der Waals surface area contributed by atoms with Crippen molar-refractivity contribution in [1.29, 1.82) is 0 Å². The highest BCUT2D eigenvalue weighted by Crippen LogP contribution is 2.38. The smallest absolute Gasteiger partial charge is 0.157 e. The van der Waals surface area contributed by atoms with Crippen LogP contribution in [0.15, 0.2) is 53.5 Å². The molecule has 0 spiro atoms. The molecular formula is C16H14Cl2N2S. The molecule has 0 saturated carbocycles. The van der Waals surface area contributed by atoms with Gasteiger partial charge in [-0.3, -0.25) is 4.99 Å². The normalized spacial score (nSPS) is 21.0. The van der Waals surface area contributed by atoms with Crippen molar-refractivity contribution < 1.29 is 0 Å². The molecule has 3 rings (SSSR count). The van der Waals surface area contributed by atoms with Gasteiger partial charge in [0.25, 0.3) is 0 Å². The standard InChI is InChI=1S/C16H14Cl2N2S/c1-21-16-19-14(10-4-2-6-12(17)8-10)15(20-16)11-5-3-7-13(18)9-11/h2-9,14-15H,1H3,(H,19,20). The van der Waals surface area contributed by atoms with E-state index in [0.29, 0.717) is 0 Å². The van der Waals surface area contributed by atoms with Gasteiger partial charge in [0.2, 0.25) is 0 Å². The van der Waals surface area contributed by atoms with Crippen molar-refractivity contribution in [1.82, 2.24) is 5.32 Å². The third kappa shape index (κ3) is 3.20. The first-order valence-electron chi connectivity index (χ1n) is 6.56. The van der Waals surface area contributed by atoms with Gasteiger partial charge in [0.15, 0.2) is 5.17 Å². The zero-order valence-corrected chi connectivity index (χ0v) is 13.7. The Balaban J connectivity index is 2.00. The fourth-order valence-corrected chi connectivity index (χ4v) is 3.35. The monoisotopic (exact) mass is 336 g/mol. The van der Waals surface area contributed by atoms with Gasteiger partial charge in [-0.1, -0.05) is 59.2 Å². The van der Waals surface area contributed by atoms with Crippen molar-refractivity contribution >= 4 is 40.1 Å². The average Bonchev–Trinajstić information content (AvgIpc) is 2.91. The molecule has 1 N–H and O–H groups in total. The van der Waals surface area contributed by atoms with E-state index in [1.807, 2.05) is 42.7 Å². The first kappa shape index (κ1) is 14.8. The number of nitrogens with zero attached hydrogens (tertiary/aromatic N) is 1. The number of hydrogen-bond donors (Lipinski definition) is 1. The molecule has 1 aliphatic rings. The van der Waals surface area contributed by atoms with Gasteiger partial charge in [-0.2, -0.15) is 0 Å². The van der Waals surface area contributed by atoms with Crippen LogP contribution in [-0.4, -0.2) is 11.4 Å². The number of hydrogen-bond acceptors (Lipinski definition) is 3. The van der Waals surface area contributed by atoms with Gasteiger partial charge in [0.1, 0.15) is 6.04 Å². The maximum Gasteiger partial charge on any atom is 0.157 e. The summed E-state index contributed by atoms with van der Waals surface area (Å²) in [5.74, 6) is 0. The summed E-state index contributed by atoms with van der Waals surface area (Å²) in [5.41, 5.74) is 2.23. The highest BCUT2D eigenvalue weighted by molar-refractivity contribution is 8.13. The Morgan fingerprint density at radius 2 is 1.62 bits per heavy atom. The van der Waals surface area contributed by atoms with Crippen LogP contribution in [0.3, 0.4) is 0 Å². The maximum absolute atomic E-state index is 6.12. The van der Waals surface area contributed by atoms with E-state index >= 15 is 0 Å². The molecule has 0 aromatic heterocycles. The third-order valence-electron chi connectivity index (χ3n) is 3.44. The van der Waals surface area contributed by atoms with E-state index in [4.69, 9.17) is 28.2 Å². The molecule has 0 bridgehead atoms. The maximum atomic E-state index is 6.12. The van der Waals surface area contributed by atoms with Crippen LogP contribution in [-0.2, 0) is 0 Å². The van der Waals surface area contributed by atoms with Gasteiger partial charge in [-0.05, 0) is 41.6 Å². The lowest BCUT2D eigenvalue weighted by Crippen LogP contribution is -2.22. The molecule has 108 valence electrons. The molecule has 0 amide bonds. The second-order valence-corrected chi connectivity index (χ2v) is 6.48. The lowest BCUT2D eigenvalue weighted by Gasteiger charge is -2.20. The van der Waals surface area contributed by atoms with Crippen LogP contribution in [0.25, 0.3) is 0 Å². The van der Waals surface area contributed by atoms with E-state index in [9.17, 15) is 0 Å². The molecule has 2 nitrogen and oxygen atoms in total. The van der Waals surface area contributed by atoms with Crippen LogP contribution in [0.4, 0.5) is 0 Å². The lowest BCUT2D eigenvalue weighted by atomic mass is 9.95. The fraction of sp³-hybridized carbons (Fsp3) is 0.188. The Morgan fingerprint density at radius 3 is 2.24 bits per heavy atom. The Hall–Kier alpha value is -1.16. The molecule has 1 aliphatic heterocycles. The Bertz CT molecular complexity index is 687. The van der Waals surface area contributed by atoms with Gasteiger partial charge < -0.3 is 5.32 Å². The molecule has 2 unspecified atom stereocenters. The molecule has 21 heavy (non-hydrogen) atoms. The summed E-state index contributed by atoms with van der Waals surface area (Å²) in [6, 6.07) is 15.8. The molecule has 1 heterocycles. The molecule has 2 atom stereocenters. The quantitative estimate of drug-likeness (QED) is 0.825. The van der Waals surface area contributed by atoms with Crippen LogP contribution < -0.4 is 5.32 Å². The summed E-state index contributed by atoms with van der Waals surface area (Å²) in [5, 5.41) is 5.86. The van der Waals surface area contributed by atoms with E-state index in [1.165, 1.54) is 0 Å². The van der Waals surface area contributed by atoms with Gasteiger partial charge in [-0.15, -0.1) is 0 Å². The lowest BCUT2D eigenvalue weighted by molar-refractivity contribution is 0.573. The number of nitrogens with one attached hydrogen (secondary N) is 1. The molecular weight excluding hydrogens is 323 g/mol. The van der Waals surface area contributed by atoms with Crippen molar-refractivity contribution in [3.63, 3.8) is 0 Å². The summed E-state index contributed by atoms with van der Waals surface area (Å²) in [6.07, 6.45) is 2.02. The Kier molecular flexibility index (Phi) is 4.43. The van der Waals surface area contributed by atoms with E-state index in [2.05, 4.69) is 17.4 Å². The van der Waals surface area contributed by atoms with Crippen LogP contribution in [0.1, 0.15) is 23.2 Å². The summed E-state index contributed by atoms with van der Waals surface area (Å²) >= 11 is 13.8. The number of amidine groups is 1. The van der Waals surface area contributed by atoms with E-state index in [-0.39, 0.29) is 12.1 Å². The molecule has 0 aliphatic carbocycles. The Labute approximate surface area is 138 Å². The summed E-state index contributed by atoms with van der Waals surface area (Å²) in [4.78, 5) is 4.77. The van der Waals surface area contributed by atoms with Crippen LogP contribution >= 0.6 is 35.0 Å². The molecule has 0 fully saturated rings. The van der Waals surface area contributed by atoms with Crippen molar-refractivity contribution in [3.8, 4) is 0 Å². The van der Waals surface area contributed by atoms with Crippen molar-refractivity contribution in [2.45, 2.75) is 12.1 Å². The fourth-order valence-electron chi connectivity index (χ4n) is 2.48. The molecule has 0 radical (unpaired) electrons. The molecule has 2 aromatic rings. The van der Waals surface area contributed by atoms with Crippen LogP contribution in [0.5, 0.6) is 0 Å². The number of rotatable bonds is 2. The van der Waals surface area contributed by atoms with Gasteiger partial charge >= 0.3 is 0 Å². The van der Waals surface area contributed by atoms with Gasteiger partial charge in [0.05, 0.1) is 6.04 Å². The molecule has 2 aromatic carbocycles. The minimum absolute atomic E-state index is 0.00427. The van der Waals surface area contributed by atoms with E-state index < -0.39 is 0 Å². The Morgan fingerprint density at radius 1 is 1.00 bits per heavy atom. The number of benzene rings is 2. The predicted molar refractivity (Wildman–Crippen MR) is 92.5 cm³/mol. The minimum Gasteiger partial charge on any atom is -0.356 e. The SMILES string of the molecule is CSC1=NC(c2cccc(Cl)c2)C(c2cccc(Cl)c2)N1. The summed E-state index contributed by atoms with van der Waals surface area (Å²) in [6.45, 7) is 0. The van der Waals surface area contributed by atoms with E-state index in [1.54, 1.807) is 11.8 Å². The topological polar surface area (TPSA) is 24.4 Å². The van der Waals surface area contributed by atoms with Crippen LogP contribution in [0.2, 0.25) is 10.0 Å². The van der Waals surface area contributed by atoms with Gasteiger partial charge in [0, 0.05) is 10.0 Å². The molecule has 0 saturated heterocycles. The highest BCUT2D eigenvalue weighted by Gasteiger charge is 2.31. The number of thioether (sulfide) groups is 1. The zero-order chi connectivity index (χ0) is 14.8. The highest BCUT2D eigenvalue weighted by atomic mass is 35.5. The first-order valence-corrected chi connectivity index (χ1v) is 8.54. The second-order valence-electron chi connectivity index (χ2n) is 4.82. The average molecular weight is 337 g/mol.